The molecule has 0 saturated heterocycles. The number of nitrogens with zero attached hydrogens (tertiary/aromatic N) is 2. The molecule has 200 valence electrons. The minimum atomic E-state index is -0.174. The van der Waals surface area contributed by atoms with Gasteiger partial charge in [0.1, 0.15) is 5.58 Å². The second kappa shape index (κ2) is 8.72. The summed E-state index contributed by atoms with van der Waals surface area (Å²) in [7, 11) is -0.174. The summed E-state index contributed by atoms with van der Waals surface area (Å²) in [5.41, 5.74) is 8.73. The summed E-state index contributed by atoms with van der Waals surface area (Å²) in [4.78, 5) is 1.16. The summed E-state index contributed by atoms with van der Waals surface area (Å²) in [6, 6.07) is 45.7. The number of hydrogen-bond donors (Lipinski definition) is 0. The van der Waals surface area contributed by atoms with Crippen molar-refractivity contribution in [3.63, 3.8) is 0 Å². The van der Waals surface area contributed by atoms with Crippen LogP contribution < -0.4 is 0 Å². The third-order valence-corrected chi connectivity index (χ3v) is 9.64. The van der Waals surface area contributed by atoms with Crippen LogP contribution in [-0.2, 0) is 0 Å². The van der Waals surface area contributed by atoms with Gasteiger partial charge in [-0.1, -0.05) is 96.9 Å². The molecule has 4 heteroatoms. The molecule has 0 saturated carbocycles. The van der Waals surface area contributed by atoms with E-state index in [0.717, 1.165) is 43.7 Å². The maximum atomic E-state index is 6.82. The van der Waals surface area contributed by atoms with Gasteiger partial charge in [-0.05, 0) is 42.7 Å². The van der Waals surface area contributed by atoms with E-state index in [1.165, 1.54) is 38.1 Å². The van der Waals surface area contributed by atoms with Crippen molar-refractivity contribution in [2.45, 2.75) is 4.90 Å². The predicted octanol–water partition coefficient (Wildman–Crippen LogP) is 10.5. The highest BCUT2D eigenvalue weighted by Crippen LogP contribution is 2.44. The van der Waals surface area contributed by atoms with Gasteiger partial charge in [0.25, 0.3) is 0 Å². The van der Waals surface area contributed by atoms with Crippen molar-refractivity contribution in [3.8, 4) is 11.4 Å². The molecule has 9 aromatic rings. The van der Waals surface area contributed by atoms with Gasteiger partial charge in [0.05, 0.1) is 27.8 Å². The largest absolute Gasteiger partial charge is 0.453 e. The normalized spacial score (nSPS) is 12.9. The Hall–Kier alpha value is -5.06. The summed E-state index contributed by atoms with van der Waals surface area (Å²) >= 11 is 0. The molecule has 3 heterocycles. The van der Waals surface area contributed by atoms with Gasteiger partial charge in [0.15, 0.2) is 5.58 Å². The zero-order valence-corrected chi connectivity index (χ0v) is 23.9. The van der Waals surface area contributed by atoms with Gasteiger partial charge in [-0.3, -0.25) is 0 Å². The van der Waals surface area contributed by atoms with Gasteiger partial charge in [-0.2, -0.15) is 10.5 Å². The van der Waals surface area contributed by atoms with Gasteiger partial charge in [-0.15, -0.1) is 0 Å². The number of furan rings is 1. The average Bonchev–Trinajstić information content (AvgIpc) is 3.69. The zero-order valence-electron chi connectivity index (χ0n) is 23.0. The van der Waals surface area contributed by atoms with E-state index in [1.807, 2.05) is 0 Å². The predicted molar refractivity (Wildman–Crippen MR) is 181 cm³/mol. The number of para-hydroxylation sites is 5. The van der Waals surface area contributed by atoms with Crippen LogP contribution in [0.15, 0.2) is 137 Å². The van der Waals surface area contributed by atoms with Gasteiger partial charge in [0.2, 0.25) is 0 Å². The number of hydrogen-bond acceptors (Lipinski definition) is 1. The number of aromatic nitrogens is 2. The highest BCUT2D eigenvalue weighted by molar-refractivity contribution is 8.13. The molecule has 0 fully saturated rings. The summed E-state index contributed by atoms with van der Waals surface area (Å²) in [5, 5.41) is 7.18. The fraction of sp³-hybridized carbons (Fsp3) is 0.0263. The number of benzene rings is 6. The molecule has 1 atom stereocenters. The Bertz CT molecular complexity index is 2550. The summed E-state index contributed by atoms with van der Waals surface area (Å²) < 4.78 is 11.7. The molecular weight excluding hydrogens is 532 g/mol. The first-order valence-corrected chi connectivity index (χ1v) is 15.9. The summed E-state index contributed by atoms with van der Waals surface area (Å²) in [5.74, 6) is 4.34. The van der Waals surface area contributed by atoms with E-state index in [4.69, 9.17) is 4.42 Å². The second-order valence-electron chi connectivity index (χ2n) is 10.9. The maximum absolute atomic E-state index is 6.82. The van der Waals surface area contributed by atoms with Crippen LogP contribution in [0.25, 0.3) is 76.9 Å². The summed E-state index contributed by atoms with van der Waals surface area (Å²) in [6.07, 6.45) is 2.15. The topological polar surface area (TPSA) is 23.0 Å². The van der Waals surface area contributed by atoms with Crippen molar-refractivity contribution in [1.82, 2.24) is 9.13 Å². The van der Waals surface area contributed by atoms with Crippen LogP contribution in [0.5, 0.6) is 0 Å². The van der Waals surface area contributed by atoms with Crippen LogP contribution in [0.4, 0.5) is 0 Å². The van der Waals surface area contributed by atoms with Crippen LogP contribution in [0.2, 0.25) is 0 Å². The molecule has 0 amide bonds. The Balaban J connectivity index is 1.53. The van der Waals surface area contributed by atoms with Gasteiger partial charge < -0.3 is 13.6 Å². The standard InChI is InChI=1S/C38H26N2OS/c1-42(2)34-21-11-17-30-29-16-10-20-33(37(29)41-38(30)34)40-32-19-9-7-15-26(32)28-23-22-27-25-14-6-8-18-31(25)39(35(27)36(28)40)24-12-4-3-5-13-24/h3-23H,1H2,2H3. The Labute approximate surface area is 244 Å². The van der Waals surface area contributed by atoms with Crippen molar-refractivity contribution in [3.05, 3.63) is 127 Å². The molecular formula is C38H26N2OS. The molecule has 1 unspecified atom stereocenters. The monoisotopic (exact) mass is 558 g/mol. The van der Waals surface area contributed by atoms with Gasteiger partial charge >= 0.3 is 0 Å². The molecule has 42 heavy (non-hydrogen) atoms. The van der Waals surface area contributed by atoms with Crippen molar-refractivity contribution in [1.29, 1.82) is 0 Å². The SMILES string of the molecule is C=S(C)c1cccc2c1oc1c(-n3c4ccccc4c4ccc5c6ccccc6n(-c6ccccc6)c5c43)cccc12. The lowest BCUT2D eigenvalue weighted by Crippen LogP contribution is -1.98. The van der Waals surface area contributed by atoms with E-state index in [-0.39, 0.29) is 10.5 Å². The van der Waals surface area contributed by atoms with Crippen molar-refractivity contribution in [2.75, 3.05) is 6.26 Å². The minimum Gasteiger partial charge on any atom is -0.453 e. The molecule has 0 aliphatic heterocycles. The van der Waals surface area contributed by atoms with Crippen LogP contribution >= 0.6 is 10.5 Å². The second-order valence-corrected chi connectivity index (χ2v) is 12.6. The minimum absolute atomic E-state index is 0.174. The van der Waals surface area contributed by atoms with E-state index in [1.54, 1.807) is 0 Å². The van der Waals surface area contributed by atoms with E-state index in [0.29, 0.717) is 0 Å². The molecule has 0 N–H and O–H groups in total. The highest BCUT2D eigenvalue weighted by Gasteiger charge is 2.23. The lowest BCUT2D eigenvalue weighted by atomic mass is 10.1. The zero-order chi connectivity index (χ0) is 27.9. The molecule has 0 bridgehead atoms. The first-order valence-electron chi connectivity index (χ1n) is 14.1. The van der Waals surface area contributed by atoms with E-state index in [2.05, 4.69) is 149 Å². The summed E-state index contributed by atoms with van der Waals surface area (Å²) in [6.45, 7) is 0. The Morgan fingerprint density at radius 2 is 1.05 bits per heavy atom. The number of rotatable bonds is 3. The first kappa shape index (κ1) is 23.6. The third-order valence-electron chi connectivity index (χ3n) is 8.57. The first-order chi connectivity index (χ1) is 20.7. The molecule has 9 rings (SSSR count). The molecule has 3 aromatic heterocycles. The van der Waals surface area contributed by atoms with Crippen molar-refractivity contribution in [2.24, 2.45) is 0 Å². The average molecular weight is 559 g/mol. The van der Waals surface area contributed by atoms with Gasteiger partial charge in [0, 0.05) is 42.9 Å². The van der Waals surface area contributed by atoms with Crippen LogP contribution in [0, 0.1) is 0 Å². The van der Waals surface area contributed by atoms with E-state index < -0.39 is 0 Å². The van der Waals surface area contributed by atoms with E-state index in [9.17, 15) is 0 Å². The molecule has 3 nitrogen and oxygen atoms in total. The Morgan fingerprint density at radius 1 is 0.500 bits per heavy atom. The Kier molecular flexibility index (Phi) is 4.90. The third kappa shape index (κ3) is 3.10. The molecule has 0 aliphatic rings. The van der Waals surface area contributed by atoms with Gasteiger partial charge in [-0.25, -0.2) is 0 Å². The van der Waals surface area contributed by atoms with Crippen LogP contribution in [0.3, 0.4) is 0 Å². The van der Waals surface area contributed by atoms with Crippen LogP contribution in [0.1, 0.15) is 0 Å². The molecule has 0 aliphatic carbocycles. The van der Waals surface area contributed by atoms with E-state index >= 15 is 0 Å². The fourth-order valence-electron chi connectivity index (χ4n) is 6.83. The molecule has 0 spiro atoms. The van der Waals surface area contributed by atoms with Crippen molar-refractivity contribution >= 4 is 81.9 Å². The van der Waals surface area contributed by atoms with Crippen LogP contribution in [-0.4, -0.2) is 21.3 Å². The van der Waals surface area contributed by atoms with Crippen molar-refractivity contribution < 1.29 is 4.42 Å². The lowest BCUT2D eigenvalue weighted by molar-refractivity contribution is 0.658. The maximum Gasteiger partial charge on any atom is 0.159 e. The fourth-order valence-corrected chi connectivity index (χ4v) is 7.61. The molecule has 6 aromatic carbocycles. The smallest absolute Gasteiger partial charge is 0.159 e. The quantitative estimate of drug-likeness (QED) is 0.198. The Morgan fingerprint density at radius 3 is 1.74 bits per heavy atom. The lowest BCUT2D eigenvalue weighted by Gasteiger charge is -2.12. The highest BCUT2D eigenvalue weighted by atomic mass is 32.2. The number of fused-ring (bicyclic) bond motifs is 10. The molecule has 0 radical (unpaired) electrons.